The highest BCUT2D eigenvalue weighted by Crippen LogP contribution is 2.22. The maximum Gasteiger partial charge on any atom is 0.239 e. The van der Waals surface area contributed by atoms with Crippen LogP contribution in [0.5, 0.6) is 0 Å². The fourth-order valence-electron chi connectivity index (χ4n) is 2.55. The minimum Gasteiger partial charge on any atom is -0.341 e. The van der Waals surface area contributed by atoms with Gasteiger partial charge in [-0.1, -0.05) is 34.1 Å². The minimum absolute atomic E-state index is 0.146. The molecule has 0 spiro atoms. The van der Waals surface area contributed by atoms with Crippen molar-refractivity contribution >= 4 is 5.91 Å². The van der Waals surface area contributed by atoms with Gasteiger partial charge in [0.2, 0.25) is 5.91 Å². The Bertz CT molecular complexity index is 232. The molecule has 3 unspecified atom stereocenters. The topological polar surface area (TPSA) is 46.3 Å². The summed E-state index contributed by atoms with van der Waals surface area (Å²) in [6.45, 7) is 10.3. The number of amides is 1. The van der Waals surface area contributed by atoms with E-state index in [0.717, 1.165) is 19.5 Å². The highest BCUT2D eigenvalue weighted by atomic mass is 16.2. The van der Waals surface area contributed by atoms with Crippen LogP contribution in [0.1, 0.15) is 40.5 Å². The zero-order valence-electron chi connectivity index (χ0n) is 11.1. The van der Waals surface area contributed by atoms with Crippen molar-refractivity contribution < 1.29 is 4.79 Å². The fourth-order valence-corrected chi connectivity index (χ4v) is 2.55. The molecule has 3 heteroatoms. The Morgan fingerprint density at radius 2 is 1.88 bits per heavy atom. The van der Waals surface area contributed by atoms with E-state index in [9.17, 15) is 4.79 Å². The molecule has 0 aromatic heterocycles. The lowest BCUT2D eigenvalue weighted by Gasteiger charge is -2.37. The lowest BCUT2D eigenvalue weighted by molar-refractivity contribution is -0.136. The highest BCUT2D eigenvalue weighted by Gasteiger charge is 2.30. The van der Waals surface area contributed by atoms with Crippen molar-refractivity contribution in [1.29, 1.82) is 0 Å². The van der Waals surface area contributed by atoms with E-state index in [1.807, 2.05) is 4.90 Å². The van der Waals surface area contributed by atoms with E-state index in [4.69, 9.17) is 5.73 Å². The summed E-state index contributed by atoms with van der Waals surface area (Å²) < 4.78 is 0. The molecule has 0 aliphatic carbocycles. The van der Waals surface area contributed by atoms with Crippen molar-refractivity contribution in [3.8, 4) is 0 Å². The van der Waals surface area contributed by atoms with Gasteiger partial charge in [-0.15, -0.1) is 0 Å². The van der Waals surface area contributed by atoms with Gasteiger partial charge in [-0.2, -0.15) is 0 Å². The summed E-state index contributed by atoms with van der Waals surface area (Å²) in [5.74, 6) is 1.64. The second-order valence-corrected chi connectivity index (χ2v) is 5.60. The lowest BCUT2D eigenvalue weighted by Crippen LogP contribution is -2.51. The van der Waals surface area contributed by atoms with Crippen molar-refractivity contribution in [2.45, 2.75) is 46.6 Å². The Labute approximate surface area is 99.4 Å². The number of carbonyl (C=O) groups is 1. The minimum atomic E-state index is -0.317. The van der Waals surface area contributed by atoms with Crippen molar-refractivity contribution in [2.75, 3.05) is 13.1 Å². The third kappa shape index (κ3) is 3.21. The molecule has 1 aliphatic rings. The number of carbonyl (C=O) groups excluding carboxylic acids is 1. The predicted octanol–water partition coefficient (Wildman–Crippen LogP) is 1.86. The van der Waals surface area contributed by atoms with Gasteiger partial charge in [0.1, 0.15) is 0 Å². The largest absolute Gasteiger partial charge is 0.341 e. The normalized spacial score (nSPS) is 29.9. The van der Waals surface area contributed by atoms with Crippen LogP contribution in [0.2, 0.25) is 0 Å². The van der Waals surface area contributed by atoms with Crippen LogP contribution in [-0.4, -0.2) is 29.9 Å². The smallest absolute Gasteiger partial charge is 0.239 e. The van der Waals surface area contributed by atoms with Crippen LogP contribution in [0.25, 0.3) is 0 Å². The van der Waals surface area contributed by atoms with Crippen LogP contribution < -0.4 is 5.73 Å². The molecular formula is C13H26N2O. The van der Waals surface area contributed by atoms with E-state index in [1.54, 1.807) is 0 Å². The van der Waals surface area contributed by atoms with Gasteiger partial charge in [-0.25, -0.2) is 0 Å². The molecular weight excluding hydrogens is 200 g/mol. The maximum atomic E-state index is 12.2. The quantitative estimate of drug-likeness (QED) is 0.798. The molecule has 0 radical (unpaired) electrons. The summed E-state index contributed by atoms with van der Waals surface area (Å²) >= 11 is 0. The third-order valence-electron chi connectivity index (χ3n) is 3.72. The number of hydrogen-bond acceptors (Lipinski definition) is 2. The molecule has 3 nitrogen and oxygen atoms in total. The van der Waals surface area contributed by atoms with E-state index < -0.39 is 0 Å². The van der Waals surface area contributed by atoms with Gasteiger partial charge in [0.25, 0.3) is 0 Å². The number of piperidine rings is 1. The molecule has 0 bridgehead atoms. The summed E-state index contributed by atoms with van der Waals surface area (Å²) in [5, 5.41) is 0. The first kappa shape index (κ1) is 13.5. The van der Waals surface area contributed by atoms with Gasteiger partial charge in [0.15, 0.2) is 0 Å². The van der Waals surface area contributed by atoms with E-state index in [0.29, 0.717) is 11.8 Å². The van der Waals surface area contributed by atoms with Crippen LogP contribution in [-0.2, 0) is 4.79 Å². The summed E-state index contributed by atoms with van der Waals surface area (Å²) in [7, 11) is 0. The van der Waals surface area contributed by atoms with Crippen molar-refractivity contribution in [2.24, 2.45) is 23.5 Å². The molecule has 0 aromatic carbocycles. The molecule has 2 N–H and O–H groups in total. The van der Waals surface area contributed by atoms with E-state index >= 15 is 0 Å². The predicted molar refractivity (Wildman–Crippen MR) is 67.0 cm³/mol. The standard InChI is InChI=1S/C13H26N2O/c1-5-11(4)12(14)13(16)15-7-9(2)6-10(3)8-15/h9-12H,5-8,14H2,1-4H3/t9?,10?,11?,12-/m0/s1. The molecule has 1 fully saturated rings. The molecule has 0 saturated carbocycles. The third-order valence-corrected chi connectivity index (χ3v) is 3.72. The zero-order valence-corrected chi connectivity index (χ0v) is 11.1. The monoisotopic (exact) mass is 226 g/mol. The maximum absolute atomic E-state index is 12.2. The second kappa shape index (κ2) is 5.67. The Kier molecular flexibility index (Phi) is 4.78. The molecule has 1 aliphatic heterocycles. The fraction of sp³-hybridized carbons (Fsp3) is 0.923. The van der Waals surface area contributed by atoms with Gasteiger partial charge >= 0.3 is 0 Å². The van der Waals surface area contributed by atoms with Crippen LogP contribution in [0.3, 0.4) is 0 Å². The average Bonchev–Trinajstić information content (AvgIpc) is 2.24. The van der Waals surface area contributed by atoms with Gasteiger partial charge in [-0.3, -0.25) is 4.79 Å². The molecule has 16 heavy (non-hydrogen) atoms. The van der Waals surface area contributed by atoms with Crippen molar-refractivity contribution in [3.05, 3.63) is 0 Å². The number of nitrogens with two attached hydrogens (primary N) is 1. The van der Waals surface area contributed by atoms with Gasteiger partial charge < -0.3 is 10.6 Å². The van der Waals surface area contributed by atoms with Crippen LogP contribution in [0.4, 0.5) is 0 Å². The number of likely N-dealkylation sites (tertiary alicyclic amines) is 1. The SMILES string of the molecule is CCC(C)[C@H](N)C(=O)N1CC(C)CC(C)C1. The molecule has 0 aromatic rings. The van der Waals surface area contributed by atoms with E-state index in [2.05, 4.69) is 27.7 Å². The molecule has 1 heterocycles. The molecule has 1 saturated heterocycles. The zero-order chi connectivity index (χ0) is 12.3. The number of hydrogen-bond donors (Lipinski definition) is 1. The highest BCUT2D eigenvalue weighted by molar-refractivity contribution is 5.82. The molecule has 94 valence electrons. The summed E-state index contributed by atoms with van der Waals surface area (Å²) in [6, 6.07) is -0.317. The Morgan fingerprint density at radius 1 is 1.38 bits per heavy atom. The summed E-state index contributed by atoms with van der Waals surface area (Å²) in [6.07, 6.45) is 2.19. The summed E-state index contributed by atoms with van der Waals surface area (Å²) in [5.41, 5.74) is 6.00. The van der Waals surface area contributed by atoms with Crippen LogP contribution in [0.15, 0.2) is 0 Å². The molecule has 4 atom stereocenters. The lowest BCUT2D eigenvalue weighted by atomic mass is 9.90. The first-order chi connectivity index (χ1) is 7.45. The van der Waals surface area contributed by atoms with Gasteiger partial charge in [0, 0.05) is 13.1 Å². The Balaban J connectivity index is 2.59. The van der Waals surface area contributed by atoms with Crippen molar-refractivity contribution in [3.63, 3.8) is 0 Å². The first-order valence-electron chi connectivity index (χ1n) is 6.50. The molecule has 1 rings (SSSR count). The Morgan fingerprint density at radius 3 is 2.31 bits per heavy atom. The summed E-state index contributed by atoms with van der Waals surface area (Å²) in [4.78, 5) is 14.2. The van der Waals surface area contributed by atoms with Crippen molar-refractivity contribution in [1.82, 2.24) is 4.90 Å². The number of nitrogens with zero attached hydrogens (tertiary/aromatic N) is 1. The van der Waals surface area contributed by atoms with E-state index in [1.165, 1.54) is 6.42 Å². The number of rotatable bonds is 3. The van der Waals surface area contributed by atoms with E-state index in [-0.39, 0.29) is 17.9 Å². The molecule has 1 amide bonds. The van der Waals surface area contributed by atoms with Crippen LogP contribution in [0, 0.1) is 17.8 Å². The van der Waals surface area contributed by atoms with Crippen LogP contribution >= 0.6 is 0 Å². The first-order valence-corrected chi connectivity index (χ1v) is 6.50. The Hall–Kier alpha value is -0.570. The van der Waals surface area contributed by atoms with Gasteiger partial charge in [0.05, 0.1) is 6.04 Å². The average molecular weight is 226 g/mol. The second-order valence-electron chi connectivity index (χ2n) is 5.60. The van der Waals surface area contributed by atoms with Gasteiger partial charge in [-0.05, 0) is 24.2 Å².